The molecule has 0 atom stereocenters. The summed E-state index contributed by atoms with van der Waals surface area (Å²) in [6, 6.07) is 121. The first kappa shape index (κ1) is 52.0. The zero-order chi connectivity index (χ0) is 59.2. The predicted molar refractivity (Wildman–Crippen MR) is 378 cm³/mol. The molecule has 1 aliphatic carbocycles. The molecule has 1 aromatic heterocycles. The standard InChI is InChI=1S/C87H60N2/c1-87(2)81-55-64(86-77-36-20-18-34-75(77)85(76-35-19-21-37-78(76)86)63-39-38-57-22-12-13-27-60(57)52-63)40-48-73(81)74-49-47-68(56-82(74)87)88(65-28-10-5-11-29-65)66-43-45-67(46-44-66)89-83-50-41-61(71-32-16-14-30-69(71)58-23-6-3-7-24-58)53-79(83)80-54-62(42-51-84(80)89)72-33-17-15-31-70(72)59-25-8-4-9-26-59/h3-56H,1-2H3. The maximum Gasteiger partial charge on any atom is 0.0541 e. The summed E-state index contributed by atoms with van der Waals surface area (Å²) >= 11 is 0. The highest BCUT2D eigenvalue weighted by molar-refractivity contribution is 6.22. The van der Waals surface area contributed by atoms with E-state index < -0.39 is 0 Å². The van der Waals surface area contributed by atoms with Crippen molar-refractivity contribution >= 4 is 71.2 Å². The van der Waals surface area contributed by atoms with Crippen molar-refractivity contribution in [3.8, 4) is 83.6 Å². The highest BCUT2D eigenvalue weighted by Gasteiger charge is 2.37. The molecule has 0 bridgehead atoms. The van der Waals surface area contributed by atoms with Crippen molar-refractivity contribution in [2.45, 2.75) is 19.3 Å². The third-order valence-electron chi connectivity index (χ3n) is 19.0. The van der Waals surface area contributed by atoms with Crippen LogP contribution in [0.5, 0.6) is 0 Å². The molecule has 0 amide bonds. The molecule has 0 fully saturated rings. The van der Waals surface area contributed by atoms with Crippen LogP contribution in [-0.4, -0.2) is 4.57 Å². The van der Waals surface area contributed by atoms with Crippen molar-refractivity contribution in [2.24, 2.45) is 0 Å². The first-order valence-electron chi connectivity index (χ1n) is 31.0. The SMILES string of the molecule is CC1(C)c2cc(-c3c4ccccc4c(-c4ccc5ccccc5c4)c4ccccc34)ccc2-c2ccc(N(c3ccccc3)c3ccc(-n4c5ccc(-c6ccccc6-c6ccccc6)cc5c5cc(-c6ccccc6-c6ccccc6)ccc54)cc3)cc21. The number of rotatable bonds is 10. The number of anilines is 3. The van der Waals surface area contributed by atoms with Gasteiger partial charge in [0.15, 0.2) is 0 Å². The molecule has 15 aromatic carbocycles. The first-order chi connectivity index (χ1) is 43.9. The molecule has 0 unspecified atom stereocenters. The Labute approximate surface area is 519 Å². The average Bonchev–Trinajstić information content (AvgIpc) is 1.78. The Morgan fingerprint density at radius 2 is 0.640 bits per heavy atom. The van der Waals surface area contributed by atoms with E-state index >= 15 is 0 Å². The number of hydrogen-bond acceptors (Lipinski definition) is 1. The summed E-state index contributed by atoms with van der Waals surface area (Å²) < 4.78 is 2.45. The van der Waals surface area contributed by atoms with E-state index in [9.17, 15) is 0 Å². The molecule has 17 rings (SSSR count). The van der Waals surface area contributed by atoms with Gasteiger partial charge < -0.3 is 9.47 Å². The summed E-state index contributed by atoms with van der Waals surface area (Å²) in [7, 11) is 0. The Morgan fingerprint density at radius 1 is 0.247 bits per heavy atom. The van der Waals surface area contributed by atoms with E-state index in [1.807, 2.05) is 0 Å². The normalized spacial score (nSPS) is 12.5. The van der Waals surface area contributed by atoms with Gasteiger partial charge in [-0.2, -0.15) is 0 Å². The first-order valence-corrected chi connectivity index (χ1v) is 31.0. The fourth-order valence-electron chi connectivity index (χ4n) is 14.7. The third kappa shape index (κ3) is 8.62. The summed E-state index contributed by atoms with van der Waals surface area (Å²) in [5.74, 6) is 0. The second kappa shape index (κ2) is 21.0. The molecule has 89 heavy (non-hydrogen) atoms. The summed E-state index contributed by atoms with van der Waals surface area (Å²) in [4.78, 5) is 2.42. The lowest BCUT2D eigenvalue weighted by Gasteiger charge is -2.28. The van der Waals surface area contributed by atoms with E-state index in [0.29, 0.717) is 0 Å². The van der Waals surface area contributed by atoms with Crippen LogP contribution in [0.3, 0.4) is 0 Å². The van der Waals surface area contributed by atoms with Gasteiger partial charge in [-0.25, -0.2) is 0 Å². The van der Waals surface area contributed by atoms with E-state index in [4.69, 9.17) is 0 Å². The van der Waals surface area contributed by atoms with Crippen LogP contribution >= 0.6 is 0 Å². The van der Waals surface area contributed by atoms with Crippen molar-refractivity contribution in [1.29, 1.82) is 0 Å². The van der Waals surface area contributed by atoms with Crippen LogP contribution < -0.4 is 4.90 Å². The van der Waals surface area contributed by atoms with Crippen LogP contribution in [0, 0.1) is 0 Å². The van der Waals surface area contributed by atoms with Gasteiger partial charge in [-0.1, -0.05) is 257 Å². The molecule has 0 radical (unpaired) electrons. The number of benzene rings is 15. The molecule has 0 spiro atoms. The number of hydrogen-bond donors (Lipinski definition) is 0. The largest absolute Gasteiger partial charge is 0.310 e. The van der Waals surface area contributed by atoms with Gasteiger partial charge in [-0.05, 0) is 206 Å². The summed E-state index contributed by atoms with van der Waals surface area (Å²) in [6.07, 6.45) is 0. The number of para-hydroxylation sites is 1. The van der Waals surface area contributed by atoms with Crippen molar-refractivity contribution in [2.75, 3.05) is 4.90 Å². The highest BCUT2D eigenvalue weighted by atomic mass is 15.1. The molecular weight excluding hydrogens is 1070 g/mol. The minimum atomic E-state index is -0.289. The van der Waals surface area contributed by atoms with Gasteiger partial charge in [-0.3, -0.25) is 0 Å². The molecule has 1 aliphatic rings. The van der Waals surface area contributed by atoms with Crippen LogP contribution in [0.4, 0.5) is 17.1 Å². The minimum Gasteiger partial charge on any atom is -0.310 e. The van der Waals surface area contributed by atoms with Gasteiger partial charge in [-0.15, -0.1) is 0 Å². The topological polar surface area (TPSA) is 8.17 Å². The number of nitrogens with zero attached hydrogens (tertiary/aromatic N) is 2. The van der Waals surface area contributed by atoms with Gasteiger partial charge in [0.25, 0.3) is 0 Å². The molecule has 2 nitrogen and oxygen atoms in total. The Kier molecular flexibility index (Phi) is 12.3. The molecule has 0 saturated carbocycles. The molecular formula is C87H60N2. The lowest BCUT2D eigenvalue weighted by atomic mass is 9.80. The summed E-state index contributed by atoms with van der Waals surface area (Å²) in [6.45, 7) is 4.82. The number of fused-ring (bicyclic) bond motifs is 9. The van der Waals surface area contributed by atoms with E-state index in [2.05, 4.69) is 351 Å². The highest BCUT2D eigenvalue weighted by Crippen LogP contribution is 2.53. The van der Waals surface area contributed by atoms with Gasteiger partial charge in [0, 0.05) is 38.9 Å². The van der Waals surface area contributed by atoms with Crippen LogP contribution in [0.15, 0.2) is 328 Å². The molecule has 0 aliphatic heterocycles. The second-order valence-corrected chi connectivity index (χ2v) is 24.3. The second-order valence-electron chi connectivity index (χ2n) is 24.3. The van der Waals surface area contributed by atoms with E-state index in [1.54, 1.807) is 0 Å². The van der Waals surface area contributed by atoms with Crippen LogP contribution in [-0.2, 0) is 5.41 Å². The predicted octanol–water partition coefficient (Wildman–Crippen LogP) is 24.0. The van der Waals surface area contributed by atoms with E-state index in [-0.39, 0.29) is 5.41 Å². The fourth-order valence-corrected chi connectivity index (χ4v) is 14.7. The van der Waals surface area contributed by atoms with Crippen LogP contribution in [0.1, 0.15) is 25.0 Å². The molecule has 16 aromatic rings. The van der Waals surface area contributed by atoms with Gasteiger partial charge in [0.2, 0.25) is 0 Å². The van der Waals surface area contributed by atoms with Gasteiger partial charge in [0.05, 0.1) is 11.0 Å². The Hall–Kier alpha value is -11.3. The van der Waals surface area contributed by atoms with E-state index in [1.165, 1.54) is 132 Å². The van der Waals surface area contributed by atoms with Gasteiger partial charge >= 0.3 is 0 Å². The van der Waals surface area contributed by atoms with Crippen LogP contribution in [0.2, 0.25) is 0 Å². The zero-order valence-electron chi connectivity index (χ0n) is 49.6. The van der Waals surface area contributed by atoms with Crippen LogP contribution in [0.25, 0.3) is 138 Å². The molecule has 2 heteroatoms. The third-order valence-corrected chi connectivity index (χ3v) is 19.0. The average molecular weight is 1130 g/mol. The maximum absolute atomic E-state index is 2.50. The molecule has 1 heterocycles. The lowest BCUT2D eigenvalue weighted by Crippen LogP contribution is -2.16. The zero-order valence-corrected chi connectivity index (χ0v) is 49.6. The molecule has 418 valence electrons. The van der Waals surface area contributed by atoms with Crippen molar-refractivity contribution in [3.05, 3.63) is 339 Å². The Morgan fingerprint density at radius 3 is 1.18 bits per heavy atom. The van der Waals surface area contributed by atoms with Gasteiger partial charge in [0.1, 0.15) is 0 Å². The van der Waals surface area contributed by atoms with Crippen molar-refractivity contribution < 1.29 is 0 Å². The molecule has 0 N–H and O–H groups in total. The Balaban J connectivity index is 0.764. The number of aromatic nitrogens is 1. The van der Waals surface area contributed by atoms with E-state index in [0.717, 1.165) is 33.8 Å². The summed E-state index contributed by atoms with van der Waals surface area (Å²) in [5.41, 5.74) is 26.3. The lowest BCUT2D eigenvalue weighted by molar-refractivity contribution is 0.660. The fraction of sp³-hybridized carbons (Fsp3) is 0.0345. The minimum absolute atomic E-state index is 0.289. The smallest absolute Gasteiger partial charge is 0.0541 e. The molecule has 0 saturated heterocycles. The monoisotopic (exact) mass is 1130 g/mol. The summed E-state index contributed by atoms with van der Waals surface area (Å²) in [5, 5.41) is 9.97. The van der Waals surface area contributed by atoms with Crippen molar-refractivity contribution in [3.63, 3.8) is 0 Å². The van der Waals surface area contributed by atoms with Crippen molar-refractivity contribution in [1.82, 2.24) is 4.57 Å². The maximum atomic E-state index is 2.50. The Bertz CT molecular complexity index is 5240. The quantitative estimate of drug-likeness (QED) is 0.124.